The third kappa shape index (κ3) is 3.45. The molecule has 106 valence electrons. The SMILES string of the molecule is Cc1cccnc1CSc1ccc(C(F)(F)F)cc1N. The Kier molecular flexibility index (Phi) is 4.23. The van der Waals surface area contributed by atoms with Crippen molar-refractivity contribution in [2.45, 2.75) is 23.7 Å². The summed E-state index contributed by atoms with van der Waals surface area (Å²) in [5.41, 5.74) is 7.03. The minimum absolute atomic E-state index is 0.137. The van der Waals surface area contributed by atoms with E-state index in [1.807, 2.05) is 19.1 Å². The van der Waals surface area contributed by atoms with Gasteiger partial charge in [0.1, 0.15) is 0 Å². The normalized spacial score (nSPS) is 11.6. The van der Waals surface area contributed by atoms with Gasteiger partial charge in [-0.1, -0.05) is 6.07 Å². The van der Waals surface area contributed by atoms with Gasteiger partial charge in [0.05, 0.1) is 11.3 Å². The molecule has 0 aliphatic rings. The summed E-state index contributed by atoms with van der Waals surface area (Å²) in [5, 5.41) is 0. The first-order valence-electron chi connectivity index (χ1n) is 5.88. The van der Waals surface area contributed by atoms with Crippen LogP contribution in [0.15, 0.2) is 41.4 Å². The van der Waals surface area contributed by atoms with Crippen molar-refractivity contribution in [2.75, 3.05) is 5.73 Å². The average molecular weight is 298 g/mol. The van der Waals surface area contributed by atoms with Gasteiger partial charge in [-0.25, -0.2) is 0 Å². The molecule has 0 saturated heterocycles. The molecule has 2 aromatic rings. The molecule has 2 rings (SSSR count). The number of nitrogens with two attached hydrogens (primary N) is 1. The molecule has 1 heterocycles. The number of nitrogens with zero attached hydrogens (tertiary/aromatic N) is 1. The molecular formula is C14H13F3N2S. The van der Waals surface area contributed by atoms with Crippen LogP contribution in [0.3, 0.4) is 0 Å². The summed E-state index contributed by atoms with van der Waals surface area (Å²) >= 11 is 1.38. The molecule has 0 aliphatic heterocycles. The number of hydrogen-bond acceptors (Lipinski definition) is 3. The third-order valence-corrected chi connectivity index (χ3v) is 3.92. The Bertz CT molecular complexity index is 612. The second-order valence-electron chi connectivity index (χ2n) is 4.31. The van der Waals surface area contributed by atoms with Crippen LogP contribution in [0.2, 0.25) is 0 Å². The first-order valence-corrected chi connectivity index (χ1v) is 6.86. The first-order chi connectivity index (χ1) is 9.38. The summed E-state index contributed by atoms with van der Waals surface area (Å²) in [4.78, 5) is 4.87. The highest BCUT2D eigenvalue weighted by Gasteiger charge is 2.30. The Morgan fingerprint density at radius 3 is 2.60 bits per heavy atom. The van der Waals surface area contributed by atoms with Crippen molar-refractivity contribution in [3.63, 3.8) is 0 Å². The van der Waals surface area contributed by atoms with E-state index < -0.39 is 11.7 Å². The van der Waals surface area contributed by atoms with E-state index in [1.165, 1.54) is 17.8 Å². The lowest BCUT2D eigenvalue weighted by atomic mass is 10.2. The zero-order valence-corrected chi connectivity index (χ0v) is 11.6. The van der Waals surface area contributed by atoms with Crippen LogP contribution < -0.4 is 5.73 Å². The van der Waals surface area contributed by atoms with E-state index in [1.54, 1.807) is 6.20 Å². The van der Waals surface area contributed by atoms with E-state index in [0.717, 1.165) is 23.4 Å². The minimum atomic E-state index is -4.37. The number of pyridine rings is 1. The minimum Gasteiger partial charge on any atom is -0.398 e. The molecule has 0 atom stereocenters. The zero-order valence-electron chi connectivity index (χ0n) is 10.7. The topological polar surface area (TPSA) is 38.9 Å². The summed E-state index contributed by atoms with van der Waals surface area (Å²) < 4.78 is 37.6. The van der Waals surface area contributed by atoms with Crippen LogP contribution in [0, 0.1) is 6.92 Å². The van der Waals surface area contributed by atoms with Gasteiger partial charge in [-0.2, -0.15) is 13.2 Å². The molecule has 0 bridgehead atoms. The highest BCUT2D eigenvalue weighted by atomic mass is 32.2. The summed E-state index contributed by atoms with van der Waals surface area (Å²) in [6, 6.07) is 7.20. The smallest absolute Gasteiger partial charge is 0.398 e. The predicted octanol–water partition coefficient (Wildman–Crippen LogP) is 4.28. The van der Waals surface area contributed by atoms with Gasteiger partial charge in [-0.05, 0) is 36.8 Å². The van der Waals surface area contributed by atoms with E-state index in [9.17, 15) is 13.2 Å². The lowest BCUT2D eigenvalue weighted by molar-refractivity contribution is -0.137. The van der Waals surface area contributed by atoms with Crippen LogP contribution in [0.5, 0.6) is 0 Å². The van der Waals surface area contributed by atoms with Gasteiger partial charge in [0.25, 0.3) is 0 Å². The molecule has 0 fully saturated rings. The van der Waals surface area contributed by atoms with Crippen molar-refractivity contribution in [1.29, 1.82) is 0 Å². The largest absolute Gasteiger partial charge is 0.416 e. The van der Waals surface area contributed by atoms with Crippen LogP contribution in [-0.2, 0) is 11.9 Å². The molecule has 0 radical (unpaired) electrons. The molecule has 0 unspecified atom stereocenters. The highest BCUT2D eigenvalue weighted by molar-refractivity contribution is 7.98. The summed E-state index contributed by atoms with van der Waals surface area (Å²) in [7, 11) is 0. The van der Waals surface area contributed by atoms with E-state index in [-0.39, 0.29) is 5.69 Å². The van der Waals surface area contributed by atoms with E-state index in [2.05, 4.69) is 4.98 Å². The number of benzene rings is 1. The van der Waals surface area contributed by atoms with Crippen molar-refractivity contribution in [1.82, 2.24) is 4.98 Å². The Labute approximate surface area is 119 Å². The number of aromatic nitrogens is 1. The predicted molar refractivity (Wildman–Crippen MR) is 74.4 cm³/mol. The summed E-state index contributed by atoms with van der Waals surface area (Å²) in [5.74, 6) is 0.572. The zero-order chi connectivity index (χ0) is 14.8. The molecule has 2 nitrogen and oxygen atoms in total. The fraction of sp³-hybridized carbons (Fsp3) is 0.214. The Morgan fingerprint density at radius 1 is 1.25 bits per heavy atom. The standard InChI is InChI=1S/C14H13F3N2S/c1-9-3-2-6-19-12(9)8-20-13-5-4-10(7-11(13)18)14(15,16)17/h2-7H,8,18H2,1H3. The molecular weight excluding hydrogens is 285 g/mol. The number of alkyl halides is 3. The molecule has 0 spiro atoms. The summed E-state index contributed by atoms with van der Waals surface area (Å²) in [6.07, 6.45) is -2.67. The maximum Gasteiger partial charge on any atom is 0.416 e. The number of nitrogen functional groups attached to an aromatic ring is 1. The Balaban J connectivity index is 2.13. The number of aryl methyl sites for hydroxylation is 1. The van der Waals surface area contributed by atoms with Gasteiger partial charge in [-0.15, -0.1) is 11.8 Å². The molecule has 0 amide bonds. The number of anilines is 1. The van der Waals surface area contributed by atoms with E-state index in [0.29, 0.717) is 10.6 Å². The highest BCUT2D eigenvalue weighted by Crippen LogP contribution is 2.35. The van der Waals surface area contributed by atoms with Crippen LogP contribution in [0.1, 0.15) is 16.8 Å². The molecule has 1 aromatic carbocycles. The average Bonchev–Trinajstić information content (AvgIpc) is 2.38. The second kappa shape index (κ2) is 5.75. The quantitative estimate of drug-likeness (QED) is 0.679. The monoisotopic (exact) mass is 298 g/mol. The van der Waals surface area contributed by atoms with Crippen molar-refractivity contribution < 1.29 is 13.2 Å². The summed E-state index contributed by atoms with van der Waals surface area (Å²) in [6.45, 7) is 1.94. The van der Waals surface area contributed by atoms with Crippen LogP contribution in [0.25, 0.3) is 0 Å². The van der Waals surface area contributed by atoms with Gasteiger partial charge in [0.2, 0.25) is 0 Å². The first kappa shape index (κ1) is 14.7. The maximum atomic E-state index is 12.5. The molecule has 1 aromatic heterocycles. The van der Waals surface area contributed by atoms with Gasteiger partial charge in [0, 0.05) is 22.5 Å². The lowest BCUT2D eigenvalue weighted by Crippen LogP contribution is -2.05. The third-order valence-electron chi connectivity index (χ3n) is 2.82. The lowest BCUT2D eigenvalue weighted by Gasteiger charge is -2.11. The molecule has 2 N–H and O–H groups in total. The Morgan fingerprint density at radius 2 is 2.00 bits per heavy atom. The van der Waals surface area contributed by atoms with E-state index in [4.69, 9.17) is 5.73 Å². The number of thioether (sulfide) groups is 1. The van der Waals surface area contributed by atoms with Crippen molar-refractivity contribution >= 4 is 17.4 Å². The van der Waals surface area contributed by atoms with Crippen molar-refractivity contribution in [3.05, 3.63) is 53.3 Å². The van der Waals surface area contributed by atoms with Gasteiger partial charge < -0.3 is 5.73 Å². The van der Waals surface area contributed by atoms with E-state index >= 15 is 0 Å². The fourth-order valence-electron chi connectivity index (χ4n) is 1.67. The number of hydrogen-bond donors (Lipinski definition) is 1. The van der Waals surface area contributed by atoms with Gasteiger partial charge >= 0.3 is 6.18 Å². The molecule has 0 aliphatic carbocycles. The second-order valence-corrected chi connectivity index (χ2v) is 5.32. The van der Waals surface area contributed by atoms with Crippen LogP contribution in [0.4, 0.5) is 18.9 Å². The number of halogens is 3. The van der Waals surface area contributed by atoms with Crippen molar-refractivity contribution in [2.24, 2.45) is 0 Å². The fourth-order valence-corrected chi connectivity index (χ4v) is 2.66. The van der Waals surface area contributed by atoms with Gasteiger partial charge in [-0.3, -0.25) is 4.98 Å². The molecule has 20 heavy (non-hydrogen) atoms. The van der Waals surface area contributed by atoms with Crippen LogP contribution >= 0.6 is 11.8 Å². The van der Waals surface area contributed by atoms with Crippen LogP contribution in [-0.4, -0.2) is 4.98 Å². The van der Waals surface area contributed by atoms with Crippen molar-refractivity contribution in [3.8, 4) is 0 Å². The molecule has 0 saturated carbocycles. The molecule has 6 heteroatoms. The van der Waals surface area contributed by atoms with Gasteiger partial charge in [0.15, 0.2) is 0 Å². The number of rotatable bonds is 3. The maximum absolute atomic E-state index is 12.5. The Hall–Kier alpha value is -1.69.